The van der Waals surface area contributed by atoms with Crippen LogP contribution in [0.15, 0.2) is 47.3 Å². The third-order valence-corrected chi connectivity index (χ3v) is 3.75. The summed E-state index contributed by atoms with van der Waals surface area (Å²) in [6.45, 7) is 1.75. The highest BCUT2D eigenvalue weighted by atomic mass is 16.5. The fourth-order valence-electron chi connectivity index (χ4n) is 2.53. The molecular formula is C18H16N2O4. The topological polar surface area (TPSA) is 81.4 Å². The Hall–Kier alpha value is -3.15. The lowest BCUT2D eigenvalue weighted by Gasteiger charge is -2.12. The summed E-state index contributed by atoms with van der Waals surface area (Å²) >= 11 is 0. The van der Waals surface area contributed by atoms with Gasteiger partial charge in [0.15, 0.2) is 5.56 Å². The number of nitrogens with zero attached hydrogens (tertiary/aromatic N) is 2. The number of aromatic hydroxyl groups is 1. The summed E-state index contributed by atoms with van der Waals surface area (Å²) in [5, 5.41) is 11.1. The van der Waals surface area contributed by atoms with E-state index in [0.29, 0.717) is 11.4 Å². The van der Waals surface area contributed by atoms with Gasteiger partial charge in [-0.25, -0.2) is 9.78 Å². The predicted molar refractivity (Wildman–Crippen MR) is 90.0 cm³/mol. The van der Waals surface area contributed by atoms with Crippen LogP contribution in [0.5, 0.6) is 5.75 Å². The number of ether oxygens (including phenoxy) is 1. The Balaban J connectivity index is 2.17. The van der Waals surface area contributed by atoms with Gasteiger partial charge < -0.3 is 14.4 Å². The average molecular weight is 324 g/mol. The fraction of sp³-hybridized carbons (Fsp3) is 0.167. The average Bonchev–Trinajstić information content (AvgIpc) is 2.58. The smallest absolute Gasteiger partial charge is 0.347 e. The van der Waals surface area contributed by atoms with E-state index in [1.165, 1.54) is 17.7 Å². The van der Waals surface area contributed by atoms with Gasteiger partial charge in [0.05, 0.1) is 23.5 Å². The fourth-order valence-corrected chi connectivity index (χ4v) is 2.53. The molecule has 0 aliphatic heterocycles. The van der Waals surface area contributed by atoms with Crippen molar-refractivity contribution in [1.82, 2.24) is 9.55 Å². The van der Waals surface area contributed by atoms with E-state index in [9.17, 15) is 14.7 Å². The molecule has 0 saturated carbocycles. The molecule has 1 aromatic carbocycles. The Morgan fingerprint density at radius 2 is 2.00 bits per heavy atom. The molecule has 0 saturated heterocycles. The second kappa shape index (κ2) is 6.16. The molecule has 3 aromatic rings. The van der Waals surface area contributed by atoms with Crippen LogP contribution in [-0.4, -0.2) is 27.2 Å². The van der Waals surface area contributed by atoms with Crippen LogP contribution in [0.3, 0.4) is 0 Å². The van der Waals surface area contributed by atoms with E-state index in [1.807, 2.05) is 30.3 Å². The van der Waals surface area contributed by atoms with E-state index in [2.05, 4.69) is 4.98 Å². The molecule has 0 aliphatic rings. The van der Waals surface area contributed by atoms with Gasteiger partial charge in [-0.05, 0) is 19.1 Å². The highest BCUT2D eigenvalue weighted by molar-refractivity contribution is 5.92. The molecule has 0 aliphatic carbocycles. The Bertz CT molecular complexity index is 992. The molecule has 6 heteroatoms. The van der Waals surface area contributed by atoms with Crippen molar-refractivity contribution in [3.05, 3.63) is 58.4 Å². The van der Waals surface area contributed by atoms with Crippen molar-refractivity contribution >= 4 is 16.9 Å². The van der Waals surface area contributed by atoms with Crippen LogP contribution >= 0.6 is 0 Å². The molecule has 1 N–H and O–H groups in total. The maximum absolute atomic E-state index is 12.4. The zero-order valence-electron chi connectivity index (χ0n) is 13.3. The molecular weight excluding hydrogens is 308 g/mol. The van der Waals surface area contributed by atoms with Crippen molar-refractivity contribution in [3.8, 4) is 17.1 Å². The first-order valence-electron chi connectivity index (χ1n) is 7.49. The third-order valence-electron chi connectivity index (χ3n) is 3.75. The van der Waals surface area contributed by atoms with Crippen LogP contribution in [-0.2, 0) is 11.8 Å². The number of hydrogen-bond acceptors (Lipinski definition) is 5. The minimum absolute atomic E-state index is 0.120. The summed E-state index contributed by atoms with van der Waals surface area (Å²) in [6, 6.07) is 12.6. The normalized spacial score (nSPS) is 10.8. The number of aromatic nitrogens is 2. The van der Waals surface area contributed by atoms with Crippen molar-refractivity contribution < 1.29 is 14.6 Å². The van der Waals surface area contributed by atoms with Gasteiger partial charge in [-0.15, -0.1) is 0 Å². The Labute approximate surface area is 138 Å². The van der Waals surface area contributed by atoms with Crippen molar-refractivity contribution in [2.45, 2.75) is 6.92 Å². The third kappa shape index (κ3) is 2.62. The molecule has 0 amide bonds. The number of carbonyl (C=O) groups excluding carboxylic acids is 1. The lowest BCUT2D eigenvalue weighted by molar-refractivity contribution is 0.0520. The van der Waals surface area contributed by atoms with E-state index in [1.54, 1.807) is 13.0 Å². The molecule has 3 rings (SSSR count). The van der Waals surface area contributed by atoms with Crippen LogP contribution in [0.25, 0.3) is 22.3 Å². The SMILES string of the molecule is CCOC(=O)c1c(O)cc(-c2ccc3ccccc3n2)n(C)c1=O. The lowest BCUT2D eigenvalue weighted by atomic mass is 10.1. The summed E-state index contributed by atoms with van der Waals surface area (Å²) in [5.41, 5.74) is 0.717. The van der Waals surface area contributed by atoms with Crippen LogP contribution in [0.2, 0.25) is 0 Å². The number of carbonyl (C=O) groups is 1. The minimum atomic E-state index is -0.839. The number of rotatable bonds is 3. The van der Waals surface area contributed by atoms with Crippen LogP contribution in [0.4, 0.5) is 0 Å². The minimum Gasteiger partial charge on any atom is -0.507 e. The summed E-state index contributed by atoms with van der Waals surface area (Å²) < 4.78 is 6.10. The first-order valence-corrected chi connectivity index (χ1v) is 7.49. The van der Waals surface area contributed by atoms with Gasteiger partial charge >= 0.3 is 5.97 Å². The zero-order valence-corrected chi connectivity index (χ0v) is 13.3. The maximum Gasteiger partial charge on any atom is 0.347 e. The highest BCUT2D eigenvalue weighted by Gasteiger charge is 2.21. The molecule has 0 atom stereocenters. The van der Waals surface area contributed by atoms with Gasteiger partial charge in [0.25, 0.3) is 5.56 Å². The summed E-state index contributed by atoms with van der Waals surface area (Å²) in [5.74, 6) is -1.25. The van der Waals surface area contributed by atoms with Gasteiger partial charge in [0, 0.05) is 18.5 Å². The van der Waals surface area contributed by atoms with E-state index in [0.717, 1.165) is 10.9 Å². The number of pyridine rings is 2. The molecule has 0 unspecified atom stereocenters. The standard InChI is InChI=1S/C18H16N2O4/c1-3-24-18(23)16-15(21)10-14(20(2)17(16)22)13-9-8-11-6-4-5-7-12(11)19-13/h4-10,21H,3H2,1-2H3. The molecule has 2 heterocycles. The number of esters is 1. The number of hydrogen-bond donors (Lipinski definition) is 1. The highest BCUT2D eigenvalue weighted by Crippen LogP contribution is 2.24. The van der Waals surface area contributed by atoms with Crippen LogP contribution < -0.4 is 5.56 Å². The maximum atomic E-state index is 12.4. The van der Waals surface area contributed by atoms with Gasteiger partial charge in [0.2, 0.25) is 0 Å². The van der Waals surface area contributed by atoms with Crippen molar-refractivity contribution in [1.29, 1.82) is 0 Å². The Morgan fingerprint density at radius 3 is 2.75 bits per heavy atom. The number of para-hydroxylation sites is 1. The first kappa shape index (κ1) is 15.7. The van der Waals surface area contributed by atoms with Crippen molar-refractivity contribution in [2.24, 2.45) is 7.05 Å². The first-order chi connectivity index (χ1) is 11.5. The monoisotopic (exact) mass is 324 g/mol. The second-order valence-electron chi connectivity index (χ2n) is 5.26. The Kier molecular flexibility index (Phi) is 4.04. The number of fused-ring (bicyclic) bond motifs is 1. The molecule has 122 valence electrons. The molecule has 0 bridgehead atoms. The largest absolute Gasteiger partial charge is 0.507 e. The van der Waals surface area contributed by atoms with Crippen molar-refractivity contribution in [3.63, 3.8) is 0 Å². The summed E-state index contributed by atoms with van der Waals surface area (Å²) in [7, 11) is 1.52. The van der Waals surface area contributed by atoms with Gasteiger partial charge in [-0.3, -0.25) is 4.79 Å². The molecule has 24 heavy (non-hydrogen) atoms. The molecule has 2 aromatic heterocycles. The molecule has 0 radical (unpaired) electrons. The summed E-state index contributed by atoms with van der Waals surface area (Å²) in [4.78, 5) is 28.8. The Morgan fingerprint density at radius 1 is 1.25 bits per heavy atom. The molecule has 6 nitrogen and oxygen atoms in total. The molecule has 0 fully saturated rings. The van der Waals surface area contributed by atoms with E-state index < -0.39 is 17.3 Å². The van der Waals surface area contributed by atoms with Gasteiger partial charge in [-0.1, -0.05) is 24.3 Å². The van der Waals surface area contributed by atoms with Crippen LogP contribution in [0, 0.1) is 0 Å². The second-order valence-corrected chi connectivity index (χ2v) is 5.26. The zero-order chi connectivity index (χ0) is 17.3. The van der Waals surface area contributed by atoms with Gasteiger partial charge in [-0.2, -0.15) is 0 Å². The lowest BCUT2D eigenvalue weighted by Crippen LogP contribution is -2.26. The van der Waals surface area contributed by atoms with E-state index in [-0.39, 0.29) is 12.2 Å². The quantitative estimate of drug-likeness (QED) is 0.749. The van der Waals surface area contributed by atoms with Crippen LogP contribution in [0.1, 0.15) is 17.3 Å². The number of benzene rings is 1. The van der Waals surface area contributed by atoms with Gasteiger partial charge in [0.1, 0.15) is 5.75 Å². The predicted octanol–water partition coefficient (Wildman–Crippen LogP) is 2.48. The molecule has 0 spiro atoms. The summed E-state index contributed by atoms with van der Waals surface area (Å²) in [6.07, 6.45) is 0. The van der Waals surface area contributed by atoms with E-state index in [4.69, 9.17) is 4.74 Å². The van der Waals surface area contributed by atoms with E-state index >= 15 is 0 Å². The van der Waals surface area contributed by atoms with Crippen molar-refractivity contribution in [2.75, 3.05) is 6.61 Å².